The summed E-state index contributed by atoms with van der Waals surface area (Å²) in [6, 6.07) is 18.1. The van der Waals surface area contributed by atoms with E-state index in [-0.39, 0.29) is 107 Å². The summed E-state index contributed by atoms with van der Waals surface area (Å²) < 4.78 is 30.5. The topological polar surface area (TPSA) is 335 Å². The largest absolute Gasteiger partial charge is 0.462 e. The lowest BCUT2D eigenvalue weighted by atomic mass is 9.88. The van der Waals surface area contributed by atoms with E-state index in [0.717, 1.165) is 25.7 Å². The van der Waals surface area contributed by atoms with Crippen LogP contribution in [-0.4, -0.2) is 280 Å². The standard InChI is InChI=1S/C97H154N10O19Si/c1-31-33-43-66(13)86(126-72(19)109)85(88(113)98-76(32-2)95(120)123-51-50-100(23)71(18)108)107(30)94(119)83(65(11)12)105(28)92(117)79(56-63(7)8)104(27)91(116)78(55-62(5)6)103(26)89(114)68(15)58-80(110)67(14)57-81(111)77(54-61(3)4)102(25)93(118)82(64(9)10)99-87(112)84(106(29)90(115)70(17)101(24)96(121)124-60-73-44-37-34-38-45-73)69(16)59-122-52-53-125-127(97(20,21)22,74-46-39-35-40-47-74)75-48-41-36-42-49-75/h31,33-42,44-49,61-70,76-79,82-86H,32,43,50-60H2,1-30H3,(H,98,113)(H,99,112)/b33-31+/t66-,67-,68+,69+,70+,76+,77+,78+,79+,82-,83+,84-,85+,86-/m1/s1. The van der Waals surface area contributed by atoms with Crippen molar-refractivity contribution in [3.05, 3.63) is 109 Å². The van der Waals surface area contributed by atoms with Crippen LogP contribution in [0.5, 0.6) is 0 Å². The van der Waals surface area contributed by atoms with Crippen LogP contribution in [-0.2, 0) is 92.3 Å². The first-order valence-corrected chi connectivity index (χ1v) is 46.9. The second-order valence-electron chi connectivity index (χ2n) is 37.4. The summed E-state index contributed by atoms with van der Waals surface area (Å²) in [7, 11) is 8.65. The van der Waals surface area contributed by atoms with Gasteiger partial charge in [-0.25, -0.2) is 9.59 Å². The second kappa shape index (κ2) is 52.7. The van der Waals surface area contributed by atoms with Crippen LogP contribution in [0.4, 0.5) is 4.79 Å². The molecular formula is C97H154N10O19Si. The molecule has 30 heteroatoms. The number of allylic oxidation sites excluding steroid dienone is 2. The Balaban J connectivity index is 1.98. The Labute approximate surface area is 758 Å². The summed E-state index contributed by atoms with van der Waals surface area (Å²) >= 11 is 0. The minimum Gasteiger partial charge on any atom is -0.462 e. The van der Waals surface area contributed by atoms with Crippen LogP contribution in [0.1, 0.15) is 203 Å². The van der Waals surface area contributed by atoms with Crippen molar-refractivity contribution in [3.63, 3.8) is 0 Å². The van der Waals surface area contributed by atoms with E-state index in [1.54, 1.807) is 94.5 Å². The molecule has 14 atom stereocenters. The molecule has 3 rings (SSSR count). The lowest BCUT2D eigenvalue weighted by Gasteiger charge is -2.43. The molecule has 0 spiro atoms. The molecule has 127 heavy (non-hydrogen) atoms. The Morgan fingerprint density at radius 2 is 0.937 bits per heavy atom. The molecule has 10 amide bonds. The van der Waals surface area contributed by atoms with E-state index >= 15 is 24.0 Å². The number of hydrogen-bond acceptors (Lipinski definition) is 19. The molecule has 0 aliphatic rings. The van der Waals surface area contributed by atoms with E-state index in [1.165, 1.54) is 99.5 Å². The van der Waals surface area contributed by atoms with Crippen molar-refractivity contribution in [1.29, 1.82) is 0 Å². The Morgan fingerprint density at radius 1 is 0.472 bits per heavy atom. The van der Waals surface area contributed by atoms with Gasteiger partial charge >= 0.3 is 18.0 Å². The van der Waals surface area contributed by atoms with Crippen LogP contribution in [0, 0.1) is 53.3 Å². The fourth-order valence-electron chi connectivity index (χ4n) is 16.1. The van der Waals surface area contributed by atoms with Gasteiger partial charge in [0.15, 0.2) is 5.78 Å². The van der Waals surface area contributed by atoms with Crippen molar-refractivity contribution in [2.75, 3.05) is 89.4 Å². The molecule has 710 valence electrons. The van der Waals surface area contributed by atoms with Crippen LogP contribution in [0.25, 0.3) is 0 Å². The number of carbonyl (C=O) groups is 14. The maximum Gasteiger partial charge on any atom is 0.410 e. The van der Waals surface area contributed by atoms with Crippen LogP contribution in [0.3, 0.4) is 0 Å². The summed E-state index contributed by atoms with van der Waals surface area (Å²) in [5.74, 6) is -13.1. The molecule has 0 aromatic heterocycles. The molecule has 3 aromatic carbocycles. The summed E-state index contributed by atoms with van der Waals surface area (Å²) in [6.07, 6.45) is 1.64. The first-order chi connectivity index (χ1) is 59.3. The fourth-order valence-corrected chi connectivity index (χ4v) is 20.6. The number of benzene rings is 3. The van der Waals surface area contributed by atoms with Gasteiger partial charge in [0.1, 0.15) is 73.4 Å². The maximum atomic E-state index is 15.4. The number of hydrogen-bond donors (Lipinski definition) is 2. The van der Waals surface area contributed by atoms with Crippen LogP contribution in [0.2, 0.25) is 5.04 Å². The lowest BCUT2D eigenvalue weighted by Crippen LogP contribution is -2.66. The van der Waals surface area contributed by atoms with Crippen LogP contribution >= 0.6 is 0 Å². The average Bonchev–Trinajstić information content (AvgIpc) is 0.748. The van der Waals surface area contributed by atoms with Crippen molar-refractivity contribution in [2.45, 2.75) is 269 Å². The highest BCUT2D eigenvalue weighted by Gasteiger charge is 2.51. The molecule has 3 aromatic rings. The van der Waals surface area contributed by atoms with E-state index in [9.17, 15) is 43.2 Å². The fraction of sp³-hybridized carbons (Fsp3) is 0.649. The van der Waals surface area contributed by atoms with Gasteiger partial charge in [0.05, 0.1) is 32.4 Å². The number of rotatable bonds is 52. The molecule has 2 N–H and O–H groups in total. The number of nitrogens with one attached hydrogen (secondary N) is 2. The van der Waals surface area contributed by atoms with E-state index < -0.39 is 181 Å². The van der Waals surface area contributed by atoms with Gasteiger partial charge in [0.2, 0.25) is 53.2 Å². The van der Waals surface area contributed by atoms with Gasteiger partial charge < -0.3 is 68.3 Å². The summed E-state index contributed by atoms with van der Waals surface area (Å²) in [5, 5.41) is 7.53. The summed E-state index contributed by atoms with van der Waals surface area (Å²) in [6.45, 7) is 38.9. The Morgan fingerprint density at radius 3 is 1.41 bits per heavy atom. The molecular weight excluding hydrogens is 1640 g/mol. The number of ether oxygens (including phenoxy) is 4. The van der Waals surface area contributed by atoms with Gasteiger partial charge in [-0.2, -0.15) is 0 Å². The third-order valence-electron chi connectivity index (χ3n) is 23.9. The molecule has 0 fully saturated rings. The molecule has 29 nitrogen and oxygen atoms in total. The van der Waals surface area contributed by atoms with E-state index in [1.807, 2.05) is 102 Å². The van der Waals surface area contributed by atoms with Crippen molar-refractivity contribution >= 4 is 101 Å². The van der Waals surface area contributed by atoms with E-state index in [4.69, 9.17) is 23.4 Å². The molecule has 0 saturated carbocycles. The highest BCUT2D eigenvalue weighted by Crippen LogP contribution is 2.37. The van der Waals surface area contributed by atoms with Crippen molar-refractivity contribution in [3.8, 4) is 0 Å². The van der Waals surface area contributed by atoms with Gasteiger partial charge in [0, 0.05) is 101 Å². The smallest absolute Gasteiger partial charge is 0.410 e. The Hall–Kier alpha value is -9.68. The number of nitrogens with zero attached hydrogens (tertiary/aromatic N) is 8. The quantitative estimate of drug-likeness (QED) is 0.0174. The number of amides is 10. The van der Waals surface area contributed by atoms with Gasteiger partial charge in [-0.1, -0.05) is 228 Å². The summed E-state index contributed by atoms with van der Waals surface area (Å²) in [5.41, 5.74) is 0.736. The average molecular weight is 1790 g/mol. The molecule has 0 aliphatic carbocycles. The van der Waals surface area contributed by atoms with E-state index in [2.05, 4.69) is 55.7 Å². The molecule has 0 aliphatic heterocycles. The number of carbonyl (C=O) groups excluding carboxylic acids is 14. The second-order valence-corrected chi connectivity index (χ2v) is 41.7. The van der Waals surface area contributed by atoms with Crippen molar-refractivity contribution < 1.29 is 90.5 Å². The van der Waals surface area contributed by atoms with Crippen molar-refractivity contribution in [1.82, 2.24) is 49.8 Å². The maximum absolute atomic E-state index is 15.4. The summed E-state index contributed by atoms with van der Waals surface area (Å²) in [4.78, 5) is 213. The van der Waals surface area contributed by atoms with Gasteiger partial charge in [-0.3, -0.25) is 62.4 Å². The highest BCUT2D eigenvalue weighted by atomic mass is 28.4. The number of ketones is 2. The molecule has 0 bridgehead atoms. The Kier molecular flexibility index (Phi) is 46.3. The third kappa shape index (κ3) is 32.2. The van der Waals surface area contributed by atoms with Gasteiger partial charge in [0.25, 0.3) is 8.32 Å². The zero-order chi connectivity index (χ0) is 96.6. The van der Waals surface area contributed by atoms with Crippen LogP contribution in [0.15, 0.2) is 103 Å². The van der Waals surface area contributed by atoms with Crippen molar-refractivity contribution in [2.24, 2.45) is 53.3 Å². The lowest BCUT2D eigenvalue weighted by molar-refractivity contribution is -0.164. The van der Waals surface area contributed by atoms with Crippen LogP contribution < -0.4 is 21.0 Å². The first kappa shape index (κ1) is 111. The normalized spacial score (nSPS) is 15.2. The molecule has 0 radical (unpaired) electrons. The van der Waals surface area contributed by atoms with Gasteiger partial charge in [-0.05, 0) is 102 Å². The number of likely N-dealkylation sites (N-methyl/N-ethyl adjacent to an activating group) is 8. The Bertz CT molecular complexity index is 4070. The molecule has 0 heterocycles. The van der Waals surface area contributed by atoms with E-state index in [0.29, 0.717) is 6.42 Å². The minimum atomic E-state index is -2.98. The minimum absolute atomic E-state index is 0.0508. The molecule has 0 saturated heterocycles. The highest BCUT2D eigenvalue weighted by molar-refractivity contribution is 6.99. The number of Topliss-reactive ketones (excluding diaryl/α,β-unsaturated/α-hetero) is 2. The monoisotopic (exact) mass is 1790 g/mol. The third-order valence-corrected chi connectivity index (χ3v) is 28.9. The predicted octanol–water partition coefficient (Wildman–Crippen LogP) is 10.4. The predicted molar refractivity (Wildman–Crippen MR) is 495 cm³/mol. The zero-order valence-electron chi connectivity index (χ0n) is 81.8. The zero-order valence-corrected chi connectivity index (χ0v) is 82.8. The van der Waals surface area contributed by atoms with Gasteiger partial charge in [-0.15, -0.1) is 0 Å². The molecule has 0 unspecified atom stereocenters. The number of esters is 2. The first-order valence-electron chi connectivity index (χ1n) is 45.0. The SMILES string of the molecule is C/C=C/C[C@@H](C)[C@@H](OC(C)=O)[C@@H](C(=O)N[C@@H](CC)C(=O)OCCN(C)C(C)=O)N(C)C(=O)[C@H](C(C)C)N(C)C(=O)[C@H](CC(C)C)N(C)C(=O)[C@H](CC(C)C)N(C)C(=O)[C@@H](C)CC(=O)[C@H](C)CC(=O)[C@H](CC(C)C)N(C)C(=O)[C@H](NC(=O)[C@@H]([C@@H](C)COCCO[Si](c1ccccc1)(c1ccccc1)C(C)(C)C)N(C)C(=O)[C@H](C)N(C)C(=O)OCc1ccccc1)C(C)C.